The quantitative estimate of drug-likeness (QED) is 0.572. The number of non-ortho nitro benzene ring substituents is 1. The van der Waals surface area contributed by atoms with Gasteiger partial charge in [-0.05, 0) is 12.1 Å². The van der Waals surface area contributed by atoms with Crippen LogP contribution in [0, 0.1) is 10.1 Å². The number of carbonyl (C=O) groups is 1. The second kappa shape index (κ2) is 4.25. The van der Waals surface area contributed by atoms with Crippen molar-refractivity contribution in [2.75, 3.05) is 13.7 Å². The average Bonchev–Trinajstić information content (AvgIpc) is 2.75. The second-order valence-corrected chi connectivity index (χ2v) is 3.78. The standard InChI is InChI=1S/C11H11N3O3/c1-12-6-7-13(8-12)11(15)9-2-4-10(5-3-9)14(16)17/h2-7H,8H2,1H3. The normalized spacial score (nSPS) is 14.2. The van der Waals surface area contributed by atoms with Crippen molar-refractivity contribution in [3.05, 3.63) is 52.3 Å². The van der Waals surface area contributed by atoms with Crippen LogP contribution in [0.3, 0.4) is 0 Å². The van der Waals surface area contributed by atoms with Crippen LogP contribution in [0.4, 0.5) is 5.69 Å². The summed E-state index contributed by atoms with van der Waals surface area (Å²) in [6.45, 7) is 0.496. The molecule has 2 rings (SSSR count). The van der Waals surface area contributed by atoms with Gasteiger partial charge in [-0.25, -0.2) is 0 Å². The maximum atomic E-state index is 12.0. The lowest BCUT2D eigenvalue weighted by Gasteiger charge is -2.16. The van der Waals surface area contributed by atoms with Gasteiger partial charge in [0, 0.05) is 37.1 Å². The lowest BCUT2D eigenvalue weighted by atomic mass is 10.2. The second-order valence-electron chi connectivity index (χ2n) is 3.78. The number of rotatable bonds is 2. The molecule has 1 heterocycles. The Hall–Kier alpha value is -2.37. The zero-order valence-electron chi connectivity index (χ0n) is 9.24. The highest BCUT2D eigenvalue weighted by Crippen LogP contribution is 2.15. The minimum atomic E-state index is -0.488. The zero-order valence-corrected chi connectivity index (χ0v) is 9.24. The molecule has 0 atom stereocenters. The molecule has 0 aromatic heterocycles. The molecule has 17 heavy (non-hydrogen) atoms. The van der Waals surface area contributed by atoms with Crippen molar-refractivity contribution in [2.45, 2.75) is 0 Å². The van der Waals surface area contributed by atoms with E-state index in [0.717, 1.165) is 0 Å². The Morgan fingerprint density at radius 2 is 1.94 bits per heavy atom. The molecular weight excluding hydrogens is 222 g/mol. The van der Waals surface area contributed by atoms with Gasteiger partial charge in [0.2, 0.25) is 0 Å². The summed E-state index contributed by atoms with van der Waals surface area (Å²) in [5, 5.41) is 10.5. The molecule has 88 valence electrons. The Balaban J connectivity index is 2.15. The first-order valence-corrected chi connectivity index (χ1v) is 5.02. The lowest BCUT2D eigenvalue weighted by Crippen LogP contribution is -2.28. The van der Waals surface area contributed by atoms with E-state index in [1.165, 1.54) is 24.3 Å². The summed E-state index contributed by atoms with van der Waals surface area (Å²) < 4.78 is 0. The highest BCUT2D eigenvalue weighted by atomic mass is 16.6. The fraction of sp³-hybridized carbons (Fsp3) is 0.182. The van der Waals surface area contributed by atoms with E-state index in [2.05, 4.69) is 0 Å². The number of amides is 1. The van der Waals surface area contributed by atoms with Crippen molar-refractivity contribution in [3.8, 4) is 0 Å². The van der Waals surface area contributed by atoms with Gasteiger partial charge in [0.25, 0.3) is 11.6 Å². The van der Waals surface area contributed by atoms with Gasteiger partial charge >= 0.3 is 0 Å². The first-order chi connectivity index (χ1) is 8.08. The summed E-state index contributed by atoms with van der Waals surface area (Å²) >= 11 is 0. The number of carbonyl (C=O) groups excluding carboxylic acids is 1. The number of hydrogen-bond acceptors (Lipinski definition) is 4. The lowest BCUT2D eigenvalue weighted by molar-refractivity contribution is -0.384. The Morgan fingerprint density at radius 3 is 2.41 bits per heavy atom. The van der Waals surface area contributed by atoms with E-state index < -0.39 is 4.92 Å². The number of nitro groups is 1. The zero-order chi connectivity index (χ0) is 12.4. The van der Waals surface area contributed by atoms with Crippen molar-refractivity contribution < 1.29 is 9.72 Å². The summed E-state index contributed by atoms with van der Waals surface area (Å²) in [6.07, 6.45) is 3.48. The summed E-state index contributed by atoms with van der Waals surface area (Å²) in [4.78, 5) is 25.3. The molecule has 0 N–H and O–H groups in total. The minimum Gasteiger partial charge on any atom is -0.361 e. The van der Waals surface area contributed by atoms with Crippen molar-refractivity contribution in [1.29, 1.82) is 0 Å². The maximum Gasteiger partial charge on any atom is 0.269 e. The van der Waals surface area contributed by atoms with E-state index in [1.807, 2.05) is 11.9 Å². The van der Waals surface area contributed by atoms with Gasteiger partial charge in [-0.2, -0.15) is 0 Å². The number of nitrogens with zero attached hydrogens (tertiary/aromatic N) is 3. The smallest absolute Gasteiger partial charge is 0.269 e. The molecule has 0 spiro atoms. The summed E-state index contributed by atoms with van der Waals surface area (Å²) in [6, 6.07) is 5.59. The van der Waals surface area contributed by atoms with Crippen LogP contribution < -0.4 is 0 Å². The van der Waals surface area contributed by atoms with Gasteiger partial charge in [-0.3, -0.25) is 19.8 Å². The van der Waals surface area contributed by atoms with Gasteiger partial charge in [0.15, 0.2) is 0 Å². The predicted molar refractivity (Wildman–Crippen MR) is 61.0 cm³/mol. The van der Waals surface area contributed by atoms with Crippen LogP contribution in [-0.2, 0) is 0 Å². The highest BCUT2D eigenvalue weighted by Gasteiger charge is 2.18. The van der Waals surface area contributed by atoms with E-state index in [1.54, 1.807) is 17.3 Å². The van der Waals surface area contributed by atoms with Gasteiger partial charge in [-0.15, -0.1) is 0 Å². The average molecular weight is 233 g/mol. The molecular formula is C11H11N3O3. The van der Waals surface area contributed by atoms with E-state index in [9.17, 15) is 14.9 Å². The molecule has 0 unspecified atom stereocenters. The van der Waals surface area contributed by atoms with Crippen LogP contribution >= 0.6 is 0 Å². The van der Waals surface area contributed by atoms with Gasteiger partial charge in [-0.1, -0.05) is 0 Å². The summed E-state index contributed by atoms with van der Waals surface area (Å²) in [5.41, 5.74) is 0.422. The fourth-order valence-electron chi connectivity index (χ4n) is 1.55. The minimum absolute atomic E-state index is 0.0179. The molecule has 1 aliphatic rings. The summed E-state index contributed by atoms with van der Waals surface area (Å²) in [5.74, 6) is -0.166. The van der Waals surface area contributed by atoms with Crippen LogP contribution in [0.25, 0.3) is 0 Å². The van der Waals surface area contributed by atoms with Crippen LogP contribution in [0.5, 0.6) is 0 Å². The first kappa shape index (κ1) is 11.1. The number of benzene rings is 1. The highest BCUT2D eigenvalue weighted by molar-refractivity contribution is 5.95. The van der Waals surface area contributed by atoms with Crippen molar-refractivity contribution in [2.24, 2.45) is 0 Å². The van der Waals surface area contributed by atoms with Crippen molar-refractivity contribution in [3.63, 3.8) is 0 Å². The topological polar surface area (TPSA) is 66.7 Å². The molecule has 6 heteroatoms. The molecule has 6 nitrogen and oxygen atoms in total. The Labute approximate surface area is 97.9 Å². The monoisotopic (exact) mass is 233 g/mol. The van der Waals surface area contributed by atoms with Gasteiger partial charge in [0.05, 0.1) is 11.6 Å². The van der Waals surface area contributed by atoms with E-state index in [-0.39, 0.29) is 11.6 Å². The molecule has 0 saturated carbocycles. The van der Waals surface area contributed by atoms with E-state index in [0.29, 0.717) is 12.2 Å². The molecule has 1 aromatic rings. The van der Waals surface area contributed by atoms with E-state index in [4.69, 9.17) is 0 Å². The van der Waals surface area contributed by atoms with Crippen molar-refractivity contribution in [1.82, 2.24) is 9.80 Å². The number of hydrogen-bond donors (Lipinski definition) is 0. The Bertz CT molecular complexity index is 481. The molecule has 0 fully saturated rings. The molecule has 0 bridgehead atoms. The molecule has 0 aliphatic carbocycles. The molecule has 1 aliphatic heterocycles. The Kier molecular flexibility index (Phi) is 2.78. The maximum absolute atomic E-state index is 12.0. The SMILES string of the molecule is CN1C=CN(C(=O)c2ccc([N+](=O)[O-])cc2)C1. The fourth-order valence-corrected chi connectivity index (χ4v) is 1.55. The van der Waals surface area contributed by atoms with Gasteiger partial charge < -0.3 is 4.90 Å². The largest absolute Gasteiger partial charge is 0.361 e. The van der Waals surface area contributed by atoms with Gasteiger partial charge in [0.1, 0.15) is 0 Å². The van der Waals surface area contributed by atoms with Crippen LogP contribution in [0.2, 0.25) is 0 Å². The Morgan fingerprint density at radius 1 is 1.29 bits per heavy atom. The molecule has 0 radical (unpaired) electrons. The predicted octanol–water partition coefficient (Wildman–Crippen LogP) is 1.41. The van der Waals surface area contributed by atoms with Crippen LogP contribution in [0.15, 0.2) is 36.7 Å². The first-order valence-electron chi connectivity index (χ1n) is 5.02. The number of nitro benzene ring substituents is 1. The van der Waals surface area contributed by atoms with Crippen LogP contribution in [-0.4, -0.2) is 34.3 Å². The molecule has 1 amide bonds. The third-order valence-electron chi connectivity index (χ3n) is 2.46. The van der Waals surface area contributed by atoms with Crippen molar-refractivity contribution >= 4 is 11.6 Å². The van der Waals surface area contributed by atoms with Crippen LogP contribution in [0.1, 0.15) is 10.4 Å². The summed E-state index contributed by atoms with van der Waals surface area (Å²) in [7, 11) is 1.86. The third-order valence-corrected chi connectivity index (χ3v) is 2.46. The molecule has 0 saturated heterocycles. The molecule has 1 aromatic carbocycles. The van der Waals surface area contributed by atoms with E-state index >= 15 is 0 Å². The third kappa shape index (κ3) is 2.25.